The SMILES string of the molecule is O=C1CCc2ccccc21.c1ccc(N=C2CCc3ccccc32)cc1. The first-order chi connectivity index (χ1) is 12.8. The number of rotatable bonds is 1. The molecule has 26 heavy (non-hydrogen) atoms. The van der Waals surface area contributed by atoms with Crippen molar-refractivity contribution in [3.63, 3.8) is 0 Å². The zero-order chi connectivity index (χ0) is 17.8. The van der Waals surface area contributed by atoms with Gasteiger partial charge in [-0.1, -0.05) is 66.7 Å². The number of para-hydroxylation sites is 1. The smallest absolute Gasteiger partial charge is 0.163 e. The number of Topliss-reactive ketones (excluding diaryl/α,β-unsaturated/α-hetero) is 1. The van der Waals surface area contributed by atoms with Crippen LogP contribution in [0.5, 0.6) is 0 Å². The van der Waals surface area contributed by atoms with Crippen molar-refractivity contribution in [3.8, 4) is 0 Å². The molecule has 0 saturated carbocycles. The quantitative estimate of drug-likeness (QED) is 0.570. The fraction of sp³-hybridized carbons (Fsp3) is 0.167. The number of aryl methyl sites for hydroxylation is 2. The van der Waals surface area contributed by atoms with Gasteiger partial charge in [0.05, 0.1) is 5.69 Å². The van der Waals surface area contributed by atoms with E-state index in [9.17, 15) is 4.79 Å². The molecule has 3 aromatic carbocycles. The molecule has 0 unspecified atom stereocenters. The van der Waals surface area contributed by atoms with E-state index < -0.39 is 0 Å². The topological polar surface area (TPSA) is 29.4 Å². The fourth-order valence-electron chi connectivity index (χ4n) is 3.58. The van der Waals surface area contributed by atoms with Crippen LogP contribution in [-0.4, -0.2) is 11.5 Å². The van der Waals surface area contributed by atoms with E-state index in [2.05, 4.69) is 24.3 Å². The second-order valence-electron chi connectivity index (χ2n) is 6.63. The van der Waals surface area contributed by atoms with Crippen LogP contribution in [0.1, 0.15) is 39.9 Å². The lowest BCUT2D eigenvalue weighted by Crippen LogP contribution is -1.92. The van der Waals surface area contributed by atoms with E-state index >= 15 is 0 Å². The molecular weight excluding hydrogens is 318 g/mol. The fourth-order valence-corrected chi connectivity index (χ4v) is 3.58. The minimum atomic E-state index is 0.301. The Hall–Kier alpha value is -3.00. The van der Waals surface area contributed by atoms with E-state index in [1.54, 1.807) is 0 Å². The second-order valence-corrected chi connectivity index (χ2v) is 6.63. The Kier molecular flexibility index (Phi) is 4.74. The first-order valence-corrected chi connectivity index (χ1v) is 9.13. The number of carbonyl (C=O) groups is 1. The molecule has 0 aromatic heterocycles. The second kappa shape index (κ2) is 7.49. The molecule has 128 valence electrons. The molecule has 0 heterocycles. The van der Waals surface area contributed by atoms with Gasteiger partial charge in [0.2, 0.25) is 0 Å². The molecule has 3 aromatic rings. The van der Waals surface area contributed by atoms with Gasteiger partial charge < -0.3 is 0 Å². The van der Waals surface area contributed by atoms with Gasteiger partial charge in [0.25, 0.3) is 0 Å². The van der Waals surface area contributed by atoms with Gasteiger partial charge >= 0.3 is 0 Å². The molecule has 0 radical (unpaired) electrons. The maximum Gasteiger partial charge on any atom is 0.163 e. The first kappa shape index (κ1) is 16.5. The molecule has 2 aliphatic carbocycles. The molecule has 0 saturated heterocycles. The third-order valence-corrected chi connectivity index (χ3v) is 4.92. The standard InChI is InChI=1S/C15H13N.C9H8O/c1-2-7-13(8-3-1)16-15-11-10-12-6-4-5-9-14(12)15;10-9-6-5-7-3-1-2-4-8(7)9/h1-9H,10-11H2;1-4H,5-6H2. The van der Waals surface area contributed by atoms with Crippen molar-refractivity contribution in [1.82, 2.24) is 0 Å². The van der Waals surface area contributed by atoms with E-state index in [0.717, 1.165) is 30.5 Å². The number of aliphatic imine (C=N–C) groups is 1. The third kappa shape index (κ3) is 3.50. The van der Waals surface area contributed by atoms with Crippen LogP contribution in [0, 0.1) is 0 Å². The molecule has 0 spiro atoms. The first-order valence-electron chi connectivity index (χ1n) is 9.13. The van der Waals surface area contributed by atoms with Gasteiger partial charge in [0, 0.05) is 17.7 Å². The van der Waals surface area contributed by atoms with Crippen LogP contribution < -0.4 is 0 Å². The molecule has 5 rings (SSSR count). The molecule has 0 amide bonds. The maximum absolute atomic E-state index is 11.1. The van der Waals surface area contributed by atoms with Crippen LogP contribution in [-0.2, 0) is 12.8 Å². The monoisotopic (exact) mass is 339 g/mol. The van der Waals surface area contributed by atoms with Gasteiger partial charge in [0.1, 0.15) is 0 Å². The Balaban J connectivity index is 0.000000144. The summed E-state index contributed by atoms with van der Waals surface area (Å²) in [7, 11) is 0. The summed E-state index contributed by atoms with van der Waals surface area (Å²) in [6.07, 6.45) is 3.84. The van der Waals surface area contributed by atoms with Gasteiger partial charge in [-0.3, -0.25) is 9.79 Å². The Morgan fingerprint density at radius 3 is 1.88 bits per heavy atom. The molecule has 0 bridgehead atoms. The maximum atomic E-state index is 11.1. The summed E-state index contributed by atoms with van der Waals surface area (Å²) in [6.45, 7) is 0. The zero-order valence-corrected chi connectivity index (χ0v) is 14.7. The summed E-state index contributed by atoms with van der Waals surface area (Å²) in [6, 6.07) is 26.6. The summed E-state index contributed by atoms with van der Waals surface area (Å²) in [5.74, 6) is 0.301. The van der Waals surface area contributed by atoms with E-state index in [0.29, 0.717) is 12.2 Å². The molecule has 2 nitrogen and oxygen atoms in total. The number of hydrogen-bond acceptors (Lipinski definition) is 2. The number of carbonyl (C=O) groups excluding carboxylic acids is 1. The van der Waals surface area contributed by atoms with Gasteiger partial charge in [-0.15, -0.1) is 0 Å². The van der Waals surface area contributed by atoms with Crippen molar-refractivity contribution in [2.24, 2.45) is 4.99 Å². The van der Waals surface area contributed by atoms with E-state index in [1.165, 1.54) is 22.4 Å². The van der Waals surface area contributed by atoms with Crippen LogP contribution in [0.3, 0.4) is 0 Å². The minimum absolute atomic E-state index is 0.301. The van der Waals surface area contributed by atoms with Crippen molar-refractivity contribution in [3.05, 3.63) is 101 Å². The van der Waals surface area contributed by atoms with Crippen LogP contribution >= 0.6 is 0 Å². The number of fused-ring (bicyclic) bond motifs is 2. The zero-order valence-electron chi connectivity index (χ0n) is 14.7. The number of benzene rings is 3. The minimum Gasteiger partial charge on any atom is -0.294 e. The van der Waals surface area contributed by atoms with Crippen LogP contribution in [0.15, 0.2) is 83.9 Å². The molecule has 0 aliphatic heterocycles. The van der Waals surface area contributed by atoms with Gasteiger partial charge in [-0.05, 0) is 48.1 Å². The van der Waals surface area contributed by atoms with Crippen LogP contribution in [0.25, 0.3) is 0 Å². The number of ketones is 1. The highest BCUT2D eigenvalue weighted by Crippen LogP contribution is 2.25. The Bertz CT molecular complexity index is 957. The highest BCUT2D eigenvalue weighted by atomic mass is 16.1. The Morgan fingerprint density at radius 2 is 1.15 bits per heavy atom. The Labute approximate surface area is 154 Å². The Morgan fingerprint density at radius 1 is 0.577 bits per heavy atom. The average Bonchev–Trinajstić information content (AvgIpc) is 3.28. The highest BCUT2D eigenvalue weighted by molar-refractivity contribution is 6.05. The number of nitrogens with zero attached hydrogens (tertiary/aromatic N) is 1. The summed E-state index contributed by atoms with van der Waals surface area (Å²) in [5, 5.41) is 0. The van der Waals surface area contributed by atoms with E-state index in [1.807, 2.05) is 54.6 Å². The molecule has 0 N–H and O–H groups in total. The van der Waals surface area contributed by atoms with E-state index in [-0.39, 0.29) is 0 Å². The van der Waals surface area contributed by atoms with Gasteiger partial charge in [-0.25, -0.2) is 0 Å². The lowest BCUT2D eigenvalue weighted by molar-refractivity contribution is 0.0994. The number of hydrogen-bond donors (Lipinski definition) is 0. The third-order valence-electron chi connectivity index (χ3n) is 4.92. The van der Waals surface area contributed by atoms with Crippen molar-refractivity contribution < 1.29 is 4.79 Å². The van der Waals surface area contributed by atoms with Crippen molar-refractivity contribution in [2.45, 2.75) is 25.7 Å². The predicted octanol–water partition coefficient (Wildman–Crippen LogP) is 5.57. The summed E-state index contributed by atoms with van der Waals surface area (Å²) in [5.41, 5.74) is 7.18. The normalized spacial score (nSPS) is 16.0. The van der Waals surface area contributed by atoms with Crippen LogP contribution in [0.2, 0.25) is 0 Å². The molecular formula is C24H21NO. The predicted molar refractivity (Wildman–Crippen MR) is 106 cm³/mol. The van der Waals surface area contributed by atoms with Gasteiger partial charge in [0.15, 0.2) is 5.78 Å². The lowest BCUT2D eigenvalue weighted by Gasteiger charge is -1.99. The lowest BCUT2D eigenvalue weighted by atomic mass is 10.1. The molecule has 2 aliphatic rings. The largest absolute Gasteiger partial charge is 0.294 e. The van der Waals surface area contributed by atoms with Crippen molar-refractivity contribution >= 4 is 17.2 Å². The van der Waals surface area contributed by atoms with Crippen molar-refractivity contribution in [2.75, 3.05) is 0 Å². The van der Waals surface area contributed by atoms with Crippen LogP contribution in [0.4, 0.5) is 5.69 Å². The summed E-state index contributed by atoms with van der Waals surface area (Å²) < 4.78 is 0. The molecule has 0 fully saturated rings. The highest BCUT2D eigenvalue weighted by Gasteiger charge is 2.17. The summed E-state index contributed by atoms with van der Waals surface area (Å²) in [4.78, 5) is 15.8. The average molecular weight is 339 g/mol. The summed E-state index contributed by atoms with van der Waals surface area (Å²) >= 11 is 0. The van der Waals surface area contributed by atoms with E-state index in [4.69, 9.17) is 4.99 Å². The van der Waals surface area contributed by atoms with Gasteiger partial charge in [-0.2, -0.15) is 0 Å². The molecule has 0 atom stereocenters. The van der Waals surface area contributed by atoms with Crippen molar-refractivity contribution in [1.29, 1.82) is 0 Å². The molecule has 2 heteroatoms.